The molecule has 0 spiro atoms. The zero-order valence-electron chi connectivity index (χ0n) is 28.0. The number of esters is 4. The first-order valence-electron chi connectivity index (χ1n) is 16.7. The molecule has 0 aliphatic heterocycles. The second kappa shape index (κ2) is 12.7. The van der Waals surface area contributed by atoms with Crippen molar-refractivity contribution in [1.82, 2.24) is 0 Å². The Morgan fingerprint density at radius 3 is 2.07 bits per heavy atom. The predicted octanol–water partition coefficient (Wildman–Crippen LogP) is 6.81. The summed E-state index contributed by atoms with van der Waals surface area (Å²) in [7, 11) is 0. The van der Waals surface area contributed by atoms with Gasteiger partial charge in [-0.05, 0) is 107 Å². The Kier molecular flexibility index (Phi) is 9.98. The molecule has 8 heteroatoms. The summed E-state index contributed by atoms with van der Waals surface area (Å²) in [6, 6.07) is 0. The third kappa shape index (κ3) is 6.93. The molecule has 4 fully saturated rings. The number of carbonyl (C=O) groups excluding carboxylic acids is 4. The van der Waals surface area contributed by atoms with Gasteiger partial charge in [-0.25, -0.2) is 0 Å². The molecule has 0 heterocycles. The number of ether oxygens (including phenoxy) is 4. The van der Waals surface area contributed by atoms with E-state index < -0.39 is 5.60 Å². The maximum atomic E-state index is 12.6. The lowest BCUT2D eigenvalue weighted by Crippen LogP contribution is -2.63. The van der Waals surface area contributed by atoms with Crippen molar-refractivity contribution in [3.8, 4) is 0 Å². The van der Waals surface area contributed by atoms with Crippen molar-refractivity contribution < 1.29 is 38.1 Å². The Labute approximate surface area is 258 Å². The molecular formula is C35H56O8. The molecular weight excluding hydrogens is 548 g/mol. The topological polar surface area (TPSA) is 105 Å². The highest BCUT2D eigenvalue weighted by molar-refractivity contribution is 5.67. The lowest BCUT2D eigenvalue weighted by atomic mass is 9.43. The van der Waals surface area contributed by atoms with Gasteiger partial charge in [-0.2, -0.15) is 0 Å². The minimum atomic E-state index is -0.494. The van der Waals surface area contributed by atoms with Crippen LogP contribution in [0, 0.1) is 46.3 Å². The minimum Gasteiger partial charge on any atom is -0.463 e. The van der Waals surface area contributed by atoms with E-state index in [1.54, 1.807) is 0 Å². The average molecular weight is 605 g/mol. The van der Waals surface area contributed by atoms with Crippen LogP contribution in [0.3, 0.4) is 0 Å². The molecule has 0 amide bonds. The SMILES string of the molecule is CC(=O)O[C@@H]1CC[C@@]2(C)[C@@H](C1)C[C@@H](OC(C)=O)[C@@H]1[C@@H]2C[C@H](OC(C)=O)[C@]2(C)[C@@H]([C@H](C)CCCC(C)(C)OC(C)=O)CC[C@@H]12. The maximum absolute atomic E-state index is 12.6. The Hall–Kier alpha value is -2.12. The predicted molar refractivity (Wildman–Crippen MR) is 162 cm³/mol. The summed E-state index contributed by atoms with van der Waals surface area (Å²) in [6.45, 7) is 16.9. The van der Waals surface area contributed by atoms with Crippen molar-refractivity contribution in [3.05, 3.63) is 0 Å². The van der Waals surface area contributed by atoms with Crippen LogP contribution in [-0.4, -0.2) is 47.8 Å². The molecule has 0 bridgehead atoms. The van der Waals surface area contributed by atoms with Gasteiger partial charge >= 0.3 is 23.9 Å². The van der Waals surface area contributed by atoms with Crippen LogP contribution >= 0.6 is 0 Å². The summed E-state index contributed by atoms with van der Waals surface area (Å²) in [5, 5.41) is 0. The van der Waals surface area contributed by atoms with Crippen LogP contribution in [0.25, 0.3) is 0 Å². The monoisotopic (exact) mass is 604 g/mol. The van der Waals surface area contributed by atoms with Gasteiger partial charge in [-0.15, -0.1) is 0 Å². The van der Waals surface area contributed by atoms with Crippen molar-refractivity contribution in [2.45, 2.75) is 150 Å². The molecule has 0 saturated heterocycles. The molecule has 0 N–H and O–H groups in total. The molecule has 43 heavy (non-hydrogen) atoms. The molecule has 4 saturated carbocycles. The van der Waals surface area contributed by atoms with Gasteiger partial charge in [0.15, 0.2) is 0 Å². The van der Waals surface area contributed by atoms with E-state index in [2.05, 4.69) is 20.8 Å². The Balaban J connectivity index is 1.62. The molecule has 4 rings (SSSR count). The van der Waals surface area contributed by atoms with E-state index in [9.17, 15) is 19.2 Å². The van der Waals surface area contributed by atoms with E-state index in [0.717, 1.165) is 64.2 Å². The van der Waals surface area contributed by atoms with Crippen LogP contribution < -0.4 is 0 Å². The van der Waals surface area contributed by atoms with Crippen molar-refractivity contribution in [2.24, 2.45) is 46.3 Å². The van der Waals surface area contributed by atoms with Crippen molar-refractivity contribution in [1.29, 1.82) is 0 Å². The van der Waals surface area contributed by atoms with Gasteiger partial charge < -0.3 is 18.9 Å². The highest BCUT2D eigenvalue weighted by Gasteiger charge is 2.67. The smallest absolute Gasteiger partial charge is 0.303 e. The van der Waals surface area contributed by atoms with E-state index in [-0.39, 0.29) is 76.7 Å². The quantitative estimate of drug-likeness (QED) is 0.209. The summed E-state index contributed by atoms with van der Waals surface area (Å²) in [5.74, 6) is 0.753. The van der Waals surface area contributed by atoms with Gasteiger partial charge in [0, 0.05) is 39.0 Å². The van der Waals surface area contributed by atoms with Crippen molar-refractivity contribution >= 4 is 23.9 Å². The fourth-order valence-corrected chi connectivity index (χ4v) is 10.6. The van der Waals surface area contributed by atoms with Crippen LogP contribution in [0.4, 0.5) is 0 Å². The third-order valence-electron chi connectivity index (χ3n) is 12.3. The van der Waals surface area contributed by atoms with Gasteiger partial charge in [-0.3, -0.25) is 19.2 Å². The highest BCUT2D eigenvalue weighted by Crippen LogP contribution is 2.69. The number of hydrogen-bond acceptors (Lipinski definition) is 8. The minimum absolute atomic E-state index is 0.0102. The van der Waals surface area contributed by atoms with Crippen molar-refractivity contribution in [2.75, 3.05) is 0 Å². The standard InChI is InChI=1S/C35H56O8/c1-20(11-10-15-33(6,7)43-24(5)39)27-12-13-28-32-29(19-31(35(27,28)9)42-23(4)38)34(8)16-14-26(40-21(2)36)17-25(34)18-30(32)41-22(3)37/h20,25-32H,10-19H2,1-9H3/t20-,25+,26-,27-,28+,29+,30-,31+,32+,34+,35-/m1/s1. The molecule has 0 aromatic heterocycles. The molecule has 0 radical (unpaired) electrons. The Morgan fingerprint density at radius 2 is 1.47 bits per heavy atom. The first-order valence-corrected chi connectivity index (χ1v) is 16.7. The van der Waals surface area contributed by atoms with E-state index in [1.807, 2.05) is 13.8 Å². The summed E-state index contributed by atoms with van der Waals surface area (Å²) in [4.78, 5) is 48.4. The van der Waals surface area contributed by atoms with E-state index in [4.69, 9.17) is 18.9 Å². The van der Waals surface area contributed by atoms with Crippen LogP contribution in [0.2, 0.25) is 0 Å². The second-order valence-corrected chi connectivity index (χ2v) is 15.5. The van der Waals surface area contributed by atoms with Crippen LogP contribution in [-0.2, 0) is 38.1 Å². The molecule has 4 aliphatic carbocycles. The average Bonchev–Trinajstić information content (AvgIpc) is 3.21. The van der Waals surface area contributed by atoms with Gasteiger partial charge in [0.1, 0.15) is 23.9 Å². The fraction of sp³-hybridized carbons (Fsp3) is 0.886. The largest absolute Gasteiger partial charge is 0.463 e. The summed E-state index contributed by atoms with van der Waals surface area (Å²) < 4.78 is 23.7. The Bertz CT molecular complexity index is 1070. The fourth-order valence-electron chi connectivity index (χ4n) is 10.6. The zero-order valence-corrected chi connectivity index (χ0v) is 28.0. The van der Waals surface area contributed by atoms with Crippen LogP contribution in [0.15, 0.2) is 0 Å². The Morgan fingerprint density at radius 1 is 0.814 bits per heavy atom. The van der Waals surface area contributed by atoms with Crippen LogP contribution in [0.1, 0.15) is 127 Å². The van der Waals surface area contributed by atoms with E-state index in [1.165, 1.54) is 27.7 Å². The summed E-state index contributed by atoms with van der Waals surface area (Å²) in [5.41, 5.74) is -0.732. The summed E-state index contributed by atoms with van der Waals surface area (Å²) >= 11 is 0. The van der Waals surface area contributed by atoms with Gasteiger partial charge in [0.05, 0.1) is 0 Å². The lowest BCUT2D eigenvalue weighted by molar-refractivity contribution is -0.224. The first-order chi connectivity index (χ1) is 20.0. The molecule has 244 valence electrons. The maximum Gasteiger partial charge on any atom is 0.303 e. The van der Waals surface area contributed by atoms with E-state index >= 15 is 0 Å². The molecule has 11 atom stereocenters. The first kappa shape index (κ1) is 33.8. The number of fused-ring (bicyclic) bond motifs is 5. The second-order valence-electron chi connectivity index (χ2n) is 15.5. The molecule has 0 aromatic carbocycles. The molecule has 0 aromatic rings. The van der Waals surface area contributed by atoms with Crippen molar-refractivity contribution in [3.63, 3.8) is 0 Å². The van der Waals surface area contributed by atoms with Gasteiger partial charge in [0.2, 0.25) is 0 Å². The zero-order chi connectivity index (χ0) is 31.9. The van der Waals surface area contributed by atoms with Gasteiger partial charge in [0.25, 0.3) is 0 Å². The number of carbonyl (C=O) groups is 4. The number of rotatable bonds is 9. The molecule has 4 aliphatic rings. The van der Waals surface area contributed by atoms with Gasteiger partial charge in [-0.1, -0.05) is 27.2 Å². The molecule has 0 unspecified atom stereocenters. The third-order valence-corrected chi connectivity index (χ3v) is 12.3. The normalized spacial score (nSPS) is 39.4. The lowest BCUT2D eigenvalue weighted by Gasteiger charge is -2.64. The summed E-state index contributed by atoms with van der Waals surface area (Å²) in [6.07, 6.45) is 8.42. The number of hydrogen-bond donors (Lipinski definition) is 0. The van der Waals surface area contributed by atoms with E-state index in [0.29, 0.717) is 11.8 Å². The van der Waals surface area contributed by atoms with Crippen LogP contribution in [0.5, 0.6) is 0 Å². The highest BCUT2D eigenvalue weighted by atomic mass is 16.6. The molecule has 8 nitrogen and oxygen atoms in total.